The molecule has 6 nitrogen and oxygen atoms in total. The molecule has 130 valence electrons. The second kappa shape index (κ2) is 7.44. The predicted octanol–water partition coefficient (Wildman–Crippen LogP) is 2.21. The molecule has 1 heterocycles. The van der Waals surface area contributed by atoms with Crippen molar-refractivity contribution in [2.45, 2.75) is 0 Å². The summed E-state index contributed by atoms with van der Waals surface area (Å²) in [5, 5.41) is 2.90. The summed E-state index contributed by atoms with van der Waals surface area (Å²) in [6.45, 7) is 2.39. The molecule has 2 amide bonds. The van der Waals surface area contributed by atoms with Gasteiger partial charge in [0, 0.05) is 37.6 Å². The molecule has 1 aliphatic rings. The molecule has 0 aromatic heterocycles. The number of nitrogens with two attached hydrogens (primary N) is 1. The van der Waals surface area contributed by atoms with Crippen molar-refractivity contribution < 1.29 is 9.59 Å². The van der Waals surface area contributed by atoms with Gasteiger partial charge in [-0.15, -0.1) is 0 Å². The fourth-order valence-electron chi connectivity index (χ4n) is 2.74. The van der Waals surface area contributed by atoms with Gasteiger partial charge in [0.2, 0.25) is 0 Å². The number of nitrogens with one attached hydrogen (secondary N) is 1. The average molecular weight is 359 g/mol. The van der Waals surface area contributed by atoms with E-state index in [0.717, 1.165) is 5.69 Å². The third-order valence-electron chi connectivity index (χ3n) is 4.14. The highest BCUT2D eigenvalue weighted by Crippen LogP contribution is 2.22. The average Bonchev–Trinajstić information content (AvgIpc) is 2.65. The van der Waals surface area contributed by atoms with E-state index in [1.54, 1.807) is 17.0 Å². The van der Waals surface area contributed by atoms with Gasteiger partial charge in [0.25, 0.3) is 0 Å². The number of carbonyl (C=O) groups is 2. The van der Waals surface area contributed by atoms with Crippen LogP contribution in [0.4, 0.5) is 17.1 Å². The first-order valence-electron chi connectivity index (χ1n) is 8.00. The Kier molecular flexibility index (Phi) is 5.09. The number of amides is 2. The molecular weight excluding hydrogens is 340 g/mol. The molecule has 0 bridgehead atoms. The largest absolute Gasteiger partial charge is 0.398 e. The predicted molar refractivity (Wildman–Crippen MR) is 99.7 cm³/mol. The summed E-state index contributed by atoms with van der Waals surface area (Å²) >= 11 is 5.92. The molecule has 7 heteroatoms. The van der Waals surface area contributed by atoms with Gasteiger partial charge in [-0.2, -0.15) is 0 Å². The number of halogens is 1. The summed E-state index contributed by atoms with van der Waals surface area (Å²) < 4.78 is 0. The number of anilines is 3. The number of benzene rings is 2. The van der Waals surface area contributed by atoms with Crippen molar-refractivity contribution in [1.82, 2.24) is 4.90 Å². The number of nitrogen functional groups attached to an aromatic ring is 1. The van der Waals surface area contributed by atoms with Crippen LogP contribution in [0.1, 0.15) is 0 Å². The van der Waals surface area contributed by atoms with E-state index in [2.05, 4.69) is 10.2 Å². The summed E-state index contributed by atoms with van der Waals surface area (Å²) in [7, 11) is 0. The Morgan fingerprint density at radius 1 is 1.00 bits per heavy atom. The minimum absolute atomic E-state index is 0.335. The highest BCUT2D eigenvalue weighted by Gasteiger charge is 2.26. The van der Waals surface area contributed by atoms with Crippen LogP contribution >= 0.6 is 11.6 Å². The maximum atomic E-state index is 12.3. The molecule has 0 spiro atoms. The minimum atomic E-state index is -0.672. The lowest BCUT2D eigenvalue weighted by atomic mass is 10.2. The SMILES string of the molecule is Nc1ccc(NC(=O)C(=O)N2CCN(c3ccccc3)CC2)cc1Cl. The first-order chi connectivity index (χ1) is 12.0. The molecule has 3 rings (SSSR count). The highest BCUT2D eigenvalue weighted by atomic mass is 35.5. The second-order valence-corrected chi connectivity index (χ2v) is 6.21. The van der Waals surface area contributed by atoms with Gasteiger partial charge < -0.3 is 20.9 Å². The Balaban J connectivity index is 1.56. The van der Waals surface area contributed by atoms with Crippen LogP contribution in [0.15, 0.2) is 48.5 Å². The maximum Gasteiger partial charge on any atom is 0.313 e. The van der Waals surface area contributed by atoms with Crippen LogP contribution in [0.5, 0.6) is 0 Å². The van der Waals surface area contributed by atoms with Gasteiger partial charge in [-0.3, -0.25) is 9.59 Å². The Bertz CT molecular complexity index is 774. The van der Waals surface area contributed by atoms with Gasteiger partial charge >= 0.3 is 11.8 Å². The number of carbonyl (C=O) groups excluding carboxylic acids is 2. The van der Waals surface area contributed by atoms with Crippen molar-refractivity contribution in [2.75, 3.05) is 42.1 Å². The summed E-state index contributed by atoms with van der Waals surface area (Å²) in [5.74, 6) is -1.21. The molecule has 25 heavy (non-hydrogen) atoms. The van der Waals surface area contributed by atoms with Crippen LogP contribution in [0.3, 0.4) is 0 Å². The van der Waals surface area contributed by atoms with Gasteiger partial charge in [0.05, 0.1) is 10.7 Å². The van der Waals surface area contributed by atoms with Crippen LogP contribution in [0, 0.1) is 0 Å². The van der Waals surface area contributed by atoms with Crippen molar-refractivity contribution >= 4 is 40.5 Å². The van der Waals surface area contributed by atoms with Gasteiger partial charge in [-0.05, 0) is 30.3 Å². The Labute approximate surface area is 151 Å². The zero-order chi connectivity index (χ0) is 17.8. The highest BCUT2D eigenvalue weighted by molar-refractivity contribution is 6.40. The molecule has 0 saturated carbocycles. The smallest absolute Gasteiger partial charge is 0.313 e. The second-order valence-electron chi connectivity index (χ2n) is 5.81. The van der Waals surface area contributed by atoms with E-state index in [1.165, 1.54) is 6.07 Å². The molecule has 0 aliphatic carbocycles. The lowest BCUT2D eigenvalue weighted by molar-refractivity contribution is -0.143. The number of hydrogen-bond donors (Lipinski definition) is 2. The number of piperazine rings is 1. The first-order valence-corrected chi connectivity index (χ1v) is 8.37. The van der Waals surface area contributed by atoms with Crippen LogP contribution in [-0.2, 0) is 9.59 Å². The summed E-state index contributed by atoms with van der Waals surface area (Å²) in [4.78, 5) is 28.3. The number of rotatable bonds is 2. The Morgan fingerprint density at radius 3 is 2.32 bits per heavy atom. The monoisotopic (exact) mass is 358 g/mol. The Morgan fingerprint density at radius 2 is 1.68 bits per heavy atom. The zero-order valence-electron chi connectivity index (χ0n) is 13.6. The molecule has 1 fully saturated rings. The quantitative estimate of drug-likeness (QED) is 0.637. The first kappa shape index (κ1) is 17.1. The van der Waals surface area contributed by atoms with Gasteiger partial charge in [-0.1, -0.05) is 29.8 Å². The van der Waals surface area contributed by atoms with E-state index in [-0.39, 0.29) is 0 Å². The van der Waals surface area contributed by atoms with Gasteiger partial charge in [-0.25, -0.2) is 0 Å². The van der Waals surface area contributed by atoms with E-state index in [1.807, 2.05) is 30.3 Å². The van der Waals surface area contributed by atoms with Crippen molar-refractivity contribution in [3.8, 4) is 0 Å². The van der Waals surface area contributed by atoms with Crippen LogP contribution in [0.2, 0.25) is 5.02 Å². The fraction of sp³-hybridized carbons (Fsp3) is 0.222. The Hall–Kier alpha value is -2.73. The standard InChI is InChI=1S/C18H19ClN4O2/c19-15-12-13(6-7-16(15)20)21-17(24)18(25)23-10-8-22(9-11-23)14-4-2-1-3-5-14/h1-7,12H,8-11,20H2,(H,21,24). The number of nitrogens with zero attached hydrogens (tertiary/aromatic N) is 2. The molecule has 1 aliphatic heterocycles. The molecular formula is C18H19ClN4O2. The van der Waals surface area contributed by atoms with E-state index < -0.39 is 11.8 Å². The summed E-state index contributed by atoms with van der Waals surface area (Å²) in [6, 6.07) is 14.7. The molecule has 0 unspecified atom stereocenters. The van der Waals surface area contributed by atoms with E-state index in [0.29, 0.717) is 42.6 Å². The number of para-hydroxylation sites is 1. The van der Waals surface area contributed by atoms with Crippen LogP contribution in [-0.4, -0.2) is 42.9 Å². The molecule has 0 atom stereocenters. The van der Waals surface area contributed by atoms with Crippen molar-refractivity contribution in [2.24, 2.45) is 0 Å². The van der Waals surface area contributed by atoms with Crippen LogP contribution < -0.4 is 16.0 Å². The van der Waals surface area contributed by atoms with Crippen molar-refractivity contribution in [3.63, 3.8) is 0 Å². The van der Waals surface area contributed by atoms with Gasteiger partial charge in [0.15, 0.2) is 0 Å². The molecule has 2 aromatic carbocycles. The van der Waals surface area contributed by atoms with Crippen LogP contribution in [0.25, 0.3) is 0 Å². The van der Waals surface area contributed by atoms with Gasteiger partial charge in [0.1, 0.15) is 0 Å². The summed E-state index contributed by atoms with van der Waals surface area (Å²) in [6.07, 6.45) is 0. The lowest BCUT2D eigenvalue weighted by Gasteiger charge is -2.35. The molecule has 1 saturated heterocycles. The van der Waals surface area contributed by atoms with Crippen molar-refractivity contribution in [1.29, 1.82) is 0 Å². The topological polar surface area (TPSA) is 78.7 Å². The van der Waals surface area contributed by atoms with E-state index >= 15 is 0 Å². The normalized spacial score (nSPS) is 14.3. The molecule has 3 N–H and O–H groups in total. The third-order valence-corrected chi connectivity index (χ3v) is 4.47. The zero-order valence-corrected chi connectivity index (χ0v) is 14.4. The summed E-state index contributed by atoms with van der Waals surface area (Å²) in [5.41, 5.74) is 7.62. The fourth-order valence-corrected chi connectivity index (χ4v) is 2.92. The minimum Gasteiger partial charge on any atom is -0.398 e. The lowest BCUT2D eigenvalue weighted by Crippen LogP contribution is -2.51. The molecule has 2 aromatic rings. The molecule has 0 radical (unpaired) electrons. The van der Waals surface area contributed by atoms with Crippen molar-refractivity contribution in [3.05, 3.63) is 53.6 Å². The maximum absolute atomic E-state index is 12.3. The third kappa shape index (κ3) is 4.03. The van der Waals surface area contributed by atoms with E-state index in [9.17, 15) is 9.59 Å². The van der Waals surface area contributed by atoms with E-state index in [4.69, 9.17) is 17.3 Å². The number of hydrogen-bond acceptors (Lipinski definition) is 4.